The van der Waals surface area contributed by atoms with Crippen LogP contribution in [0.3, 0.4) is 0 Å². The van der Waals surface area contributed by atoms with Crippen LogP contribution in [0.5, 0.6) is 0 Å². The van der Waals surface area contributed by atoms with Gasteiger partial charge in [0.25, 0.3) is 0 Å². The standard InChI is InChI=1S/C26H26N2O3/c27-12-6-5-7-18-13-19-15-30-16-20(14-18)28(19)26(29)31-17-25-23-10-3-1-8-21(23)22-9-2-4-11-24(22)25/h1-4,8-11,13,19-20,25H,5-7,14-17H2. The smallest absolute Gasteiger partial charge is 0.410 e. The molecule has 0 N–H and O–H groups in total. The van der Waals surface area contributed by atoms with E-state index in [1.54, 1.807) is 0 Å². The van der Waals surface area contributed by atoms with Crippen LogP contribution in [0.1, 0.15) is 42.7 Å². The maximum atomic E-state index is 13.1. The highest BCUT2D eigenvalue weighted by molar-refractivity contribution is 5.79. The zero-order chi connectivity index (χ0) is 21.2. The largest absolute Gasteiger partial charge is 0.448 e. The van der Waals surface area contributed by atoms with Gasteiger partial charge in [-0.1, -0.05) is 60.2 Å². The van der Waals surface area contributed by atoms with E-state index in [-0.39, 0.29) is 24.1 Å². The van der Waals surface area contributed by atoms with Crippen molar-refractivity contribution >= 4 is 6.09 Å². The fourth-order valence-electron chi connectivity index (χ4n) is 5.22. The van der Waals surface area contributed by atoms with Crippen molar-refractivity contribution in [1.29, 1.82) is 5.26 Å². The fourth-order valence-corrected chi connectivity index (χ4v) is 5.22. The molecule has 2 unspecified atom stereocenters. The molecule has 1 aliphatic carbocycles. The van der Waals surface area contributed by atoms with E-state index in [4.69, 9.17) is 14.7 Å². The maximum Gasteiger partial charge on any atom is 0.410 e. The molecule has 0 spiro atoms. The summed E-state index contributed by atoms with van der Waals surface area (Å²) in [7, 11) is 0. The topological polar surface area (TPSA) is 62.6 Å². The summed E-state index contributed by atoms with van der Waals surface area (Å²) >= 11 is 0. The number of unbranched alkanes of at least 4 members (excludes halogenated alkanes) is 1. The number of rotatable bonds is 5. The van der Waals surface area contributed by atoms with E-state index in [1.165, 1.54) is 27.8 Å². The zero-order valence-electron chi connectivity index (χ0n) is 17.5. The predicted molar refractivity (Wildman–Crippen MR) is 117 cm³/mol. The highest BCUT2D eigenvalue weighted by Gasteiger charge is 2.39. The third-order valence-electron chi connectivity index (χ3n) is 6.61. The number of ether oxygens (including phenoxy) is 2. The summed E-state index contributed by atoms with van der Waals surface area (Å²) in [6.07, 6.45) is 5.04. The lowest BCUT2D eigenvalue weighted by Crippen LogP contribution is -2.56. The molecule has 3 aliphatic rings. The van der Waals surface area contributed by atoms with Gasteiger partial charge in [-0.15, -0.1) is 0 Å². The number of morpholine rings is 1. The van der Waals surface area contributed by atoms with Crippen LogP contribution >= 0.6 is 0 Å². The Bertz CT molecular complexity index is 1010. The molecule has 31 heavy (non-hydrogen) atoms. The monoisotopic (exact) mass is 414 g/mol. The average Bonchev–Trinajstić information content (AvgIpc) is 3.11. The van der Waals surface area contributed by atoms with E-state index in [9.17, 15) is 4.79 Å². The van der Waals surface area contributed by atoms with Crippen molar-refractivity contribution in [3.8, 4) is 17.2 Å². The Labute approximate surface area is 182 Å². The van der Waals surface area contributed by atoms with Gasteiger partial charge in [0.05, 0.1) is 31.4 Å². The van der Waals surface area contributed by atoms with Crippen LogP contribution in [0.25, 0.3) is 11.1 Å². The molecule has 0 radical (unpaired) electrons. The van der Waals surface area contributed by atoms with Crippen molar-refractivity contribution in [3.63, 3.8) is 0 Å². The first-order chi connectivity index (χ1) is 15.3. The van der Waals surface area contributed by atoms with Gasteiger partial charge < -0.3 is 9.47 Å². The fraction of sp³-hybridized carbons (Fsp3) is 0.385. The molecule has 0 saturated carbocycles. The van der Waals surface area contributed by atoms with Crippen LogP contribution in [0.4, 0.5) is 4.79 Å². The van der Waals surface area contributed by atoms with E-state index in [0.717, 1.165) is 19.3 Å². The second-order valence-electron chi connectivity index (χ2n) is 8.51. The minimum absolute atomic E-state index is 0.0106. The van der Waals surface area contributed by atoms with Crippen LogP contribution < -0.4 is 0 Å². The van der Waals surface area contributed by atoms with Gasteiger partial charge in [0, 0.05) is 12.3 Å². The summed E-state index contributed by atoms with van der Waals surface area (Å²) in [6, 6.07) is 18.9. The molecule has 5 heteroatoms. The number of carbonyl (C=O) groups is 1. The lowest BCUT2D eigenvalue weighted by molar-refractivity contribution is -0.0365. The first-order valence-corrected chi connectivity index (χ1v) is 11.0. The summed E-state index contributed by atoms with van der Waals surface area (Å²) < 4.78 is 11.6. The van der Waals surface area contributed by atoms with Crippen molar-refractivity contribution in [3.05, 3.63) is 71.3 Å². The number of nitriles is 1. The van der Waals surface area contributed by atoms with Gasteiger partial charge in [0.1, 0.15) is 6.61 Å². The van der Waals surface area contributed by atoms with Gasteiger partial charge >= 0.3 is 6.09 Å². The van der Waals surface area contributed by atoms with E-state index < -0.39 is 0 Å². The summed E-state index contributed by atoms with van der Waals surface area (Å²) in [6.45, 7) is 1.38. The quantitative estimate of drug-likeness (QED) is 0.509. The third-order valence-corrected chi connectivity index (χ3v) is 6.61. The van der Waals surface area contributed by atoms with Gasteiger partial charge in [-0.05, 0) is 41.5 Å². The molecular formula is C26H26N2O3. The van der Waals surface area contributed by atoms with Crippen molar-refractivity contribution in [2.24, 2.45) is 0 Å². The lowest BCUT2D eigenvalue weighted by Gasteiger charge is -2.44. The van der Waals surface area contributed by atoms with Crippen LogP contribution in [-0.2, 0) is 9.47 Å². The third kappa shape index (κ3) is 3.73. The second kappa shape index (κ2) is 8.56. The maximum absolute atomic E-state index is 13.1. The van der Waals surface area contributed by atoms with E-state index >= 15 is 0 Å². The molecule has 2 heterocycles. The highest BCUT2D eigenvalue weighted by Crippen LogP contribution is 2.44. The second-order valence-corrected chi connectivity index (χ2v) is 8.51. The molecule has 0 aromatic heterocycles. The van der Waals surface area contributed by atoms with E-state index in [2.05, 4.69) is 48.5 Å². The molecule has 5 rings (SSSR count). The Kier molecular flexibility index (Phi) is 5.48. The Morgan fingerprint density at radius 1 is 1.10 bits per heavy atom. The number of fused-ring (bicyclic) bond motifs is 5. The Morgan fingerprint density at radius 2 is 1.81 bits per heavy atom. The van der Waals surface area contributed by atoms with Gasteiger partial charge in [-0.2, -0.15) is 5.26 Å². The van der Waals surface area contributed by atoms with Gasteiger partial charge in [0.15, 0.2) is 0 Å². The molecule has 1 amide bonds. The molecule has 1 saturated heterocycles. The summed E-state index contributed by atoms with van der Waals surface area (Å²) in [5, 5.41) is 8.78. The van der Waals surface area contributed by atoms with Crippen molar-refractivity contribution in [1.82, 2.24) is 4.90 Å². The molecule has 2 aliphatic heterocycles. The van der Waals surface area contributed by atoms with E-state index in [1.807, 2.05) is 17.0 Å². The van der Waals surface area contributed by atoms with Gasteiger partial charge in [-0.25, -0.2) is 4.79 Å². The minimum atomic E-state index is -0.257. The van der Waals surface area contributed by atoms with Crippen molar-refractivity contribution < 1.29 is 14.3 Å². The molecule has 1 fully saturated rings. The van der Waals surface area contributed by atoms with Crippen LogP contribution in [0.2, 0.25) is 0 Å². The van der Waals surface area contributed by atoms with Gasteiger partial charge in [-0.3, -0.25) is 4.90 Å². The number of hydrogen-bond acceptors (Lipinski definition) is 4. The number of carbonyl (C=O) groups excluding carboxylic acids is 1. The van der Waals surface area contributed by atoms with Crippen molar-refractivity contribution in [2.75, 3.05) is 19.8 Å². The molecule has 5 nitrogen and oxygen atoms in total. The highest BCUT2D eigenvalue weighted by atomic mass is 16.6. The summed E-state index contributed by atoms with van der Waals surface area (Å²) in [4.78, 5) is 15.0. The summed E-state index contributed by atoms with van der Waals surface area (Å²) in [5.74, 6) is 0.0642. The van der Waals surface area contributed by atoms with Crippen LogP contribution in [0, 0.1) is 11.3 Å². The van der Waals surface area contributed by atoms with Crippen molar-refractivity contribution in [2.45, 2.75) is 43.7 Å². The van der Waals surface area contributed by atoms with Crippen LogP contribution in [-0.4, -0.2) is 42.9 Å². The lowest BCUT2D eigenvalue weighted by atomic mass is 9.91. The average molecular weight is 415 g/mol. The molecule has 2 bridgehead atoms. The number of nitrogens with zero attached hydrogens (tertiary/aromatic N) is 2. The first kappa shape index (κ1) is 19.8. The molecule has 2 aromatic rings. The molecule has 158 valence electrons. The first-order valence-electron chi connectivity index (χ1n) is 11.0. The SMILES string of the molecule is N#CCCCC1=CC2COCC(C1)N2C(=O)OCC1c2ccccc2-c2ccccc21. The Morgan fingerprint density at radius 3 is 2.48 bits per heavy atom. The minimum Gasteiger partial charge on any atom is -0.448 e. The number of hydrogen-bond donors (Lipinski definition) is 0. The number of amides is 1. The van der Waals surface area contributed by atoms with Gasteiger partial charge in [0.2, 0.25) is 0 Å². The summed E-state index contributed by atoms with van der Waals surface area (Å²) in [5.41, 5.74) is 6.23. The predicted octanol–water partition coefficient (Wildman–Crippen LogP) is 5.03. The number of benzene rings is 2. The molecule has 2 aromatic carbocycles. The normalized spacial score (nSPS) is 21.6. The Balaban J connectivity index is 1.30. The van der Waals surface area contributed by atoms with Crippen LogP contribution in [0.15, 0.2) is 60.2 Å². The zero-order valence-corrected chi connectivity index (χ0v) is 17.5. The van der Waals surface area contributed by atoms with E-state index in [0.29, 0.717) is 26.2 Å². The molecule has 2 atom stereocenters. The Hall–Kier alpha value is -3.10. The molecular weight excluding hydrogens is 388 g/mol.